The van der Waals surface area contributed by atoms with E-state index in [4.69, 9.17) is 21.4 Å². The molecule has 19 heavy (non-hydrogen) atoms. The summed E-state index contributed by atoms with van der Waals surface area (Å²) in [6, 6.07) is 4.83. The molecule has 1 aromatic carbocycles. The molecule has 0 saturated heterocycles. The summed E-state index contributed by atoms with van der Waals surface area (Å²) in [5.74, 6) is 1.94. The molecule has 3 unspecified atom stereocenters. The highest BCUT2D eigenvalue weighted by Crippen LogP contribution is 2.48. The Morgan fingerprint density at radius 3 is 2.84 bits per heavy atom. The second kappa shape index (κ2) is 5.04. The summed E-state index contributed by atoms with van der Waals surface area (Å²) >= 11 is 5.83. The number of ether oxygens (including phenoxy) is 1. The maximum absolute atomic E-state index is 11.0. The maximum Gasteiger partial charge on any atom is 0.337 e. The minimum absolute atomic E-state index is 0.104. The molecule has 3 atom stereocenters. The lowest BCUT2D eigenvalue weighted by molar-refractivity contribution is 0.0696. The van der Waals surface area contributed by atoms with Crippen LogP contribution >= 0.6 is 11.6 Å². The molecule has 1 aromatic rings. The van der Waals surface area contributed by atoms with Crippen LogP contribution in [-0.2, 0) is 0 Å². The Morgan fingerprint density at radius 2 is 2.21 bits per heavy atom. The molecule has 0 heterocycles. The smallest absolute Gasteiger partial charge is 0.337 e. The van der Waals surface area contributed by atoms with Crippen LogP contribution in [0.15, 0.2) is 18.2 Å². The second-order valence-corrected chi connectivity index (χ2v) is 6.10. The lowest BCUT2D eigenvalue weighted by Crippen LogP contribution is -2.18. The number of fused-ring (bicyclic) bond motifs is 2. The number of hydrogen-bond donors (Lipinski definition) is 1. The number of rotatable bonds is 4. The van der Waals surface area contributed by atoms with E-state index < -0.39 is 5.97 Å². The van der Waals surface area contributed by atoms with Crippen molar-refractivity contribution in [1.82, 2.24) is 0 Å². The molecule has 2 aliphatic rings. The van der Waals surface area contributed by atoms with Gasteiger partial charge in [-0.1, -0.05) is 18.0 Å². The molecule has 1 N–H and O–H groups in total. The summed E-state index contributed by atoms with van der Waals surface area (Å²) in [5, 5.41) is 9.27. The van der Waals surface area contributed by atoms with E-state index in [2.05, 4.69) is 0 Å². The molecule has 4 heteroatoms. The van der Waals surface area contributed by atoms with E-state index in [-0.39, 0.29) is 10.6 Å². The molecular weight excluding hydrogens is 264 g/mol. The van der Waals surface area contributed by atoms with Crippen molar-refractivity contribution < 1.29 is 14.6 Å². The van der Waals surface area contributed by atoms with E-state index in [0.29, 0.717) is 18.3 Å². The molecule has 2 saturated carbocycles. The highest BCUT2D eigenvalue weighted by atomic mass is 35.5. The predicted octanol–water partition coefficient (Wildman–Crippen LogP) is 3.85. The maximum atomic E-state index is 11.0. The largest absolute Gasteiger partial charge is 0.493 e. The second-order valence-electron chi connectivity index (χ2n) is 5.69. The minimum Gasteiger partial charge on any atom is -0.493 e. The van der Waals surface area contributed by atoms with E-state index >= 15 is 0 Å². The van der Waals surface area contributed by atoms with Gasteiger partial charge in [-0.2, -0.15) is 0 Å². The monoisotopic (exact) mass is 280 g/mol. The summed E-state index contributed by atoms with van der Waals surface area (Å²) in [5.41, 5.74) is 0.104. The normalized spacial score (nSPS) is 28.6. The molecule has 2 bridgehead atoms. The van der Waals surface area contributed by atoms with Crippen molar-refractivity contribution >= 4 is 17.6 Å². The minimum atomic E-state index is -1.02. The fourth-order valence-electron chi connectivity index (χ4n) is 3.54. The zero-order chi connectivity index (χ0) is 13.4. The van der Waals surface area contributed by atoms with Gasteiger partial charge in [0.25, 0.3) is 0 Å². The van der Waals surface area contributed by atoms with Crippen molar-refractivity contribution in [2.75, 3.05) is 6.61 Å². The van der Waals surface area contributed by atoms with Crippen molar-refractivity contribution in [2.24, 2.45) is 17.8 Å². The number of carboxylic acid groups (broad SMARTS) is 1. The van der Waals surface area contributed by atoms with Crippen LogP contribution in [-0.4, -0.2) is 17.7 Å². The van der Waals surface area contributed by atoms with E-state index in [1.807, 2.05) is 0 Å². The van der Waals surface area contributed by atoms with E-state index in [1.54, 1.807) is 12.1 Å². The Hall–Kier alpha value is -1.22. The summed E-state index contributed by atoms with van der Waals surface area (Å²) < 4.78 is 5.77. The van der Waals surface area contributed by atoms with Gasteiger partial charge in [0.15, 0.2) is 0 Å². The standard InChI is InChI=1S/C15H17ClO3/c16-14-4-3-12(7-13(14)15(17)18)19-8-11-6-9-1-2-10(11)5-9/h3-4,7,9-11H,1-2,5-6,8H2,(H,17,18). The Morgan fingerprint density at radius 1 is 1.37 bits per heavy atom. The molecule has 102 valence electrons. The van der Waals surface area contributed by atoms with Crippen molar-refractivity contribution in [3.05, 3.63) is 28.8 Å². The van der Waals surface area contributed by atoms with Crippen LogP contribution < -0.4 is 4.74 Å². The van der Waals surface area contributed by atoms with Gasteiger partial charge in [-0.3, -0.25) is 0 Å². The molecule has 0 aromatic heterocycles. The molecule has 3 nitrogen and oxygen atoms in total. The first-order chi connectivity index (χ1) is 9.13. The fraction of sp³-hybridized carbons (Fsp3) is 0.533. The van der Waals surface area contributed by atoms with Crippen molar-refractivity contribution in [3.63, 3.8) is 0 Å². The SMILES string of the molecule is O=C(O)c1cc(OCC2CC3CCC2C3)ccc1Cl. The molecule has 2 fully saturated rings. The third-order valence-electron chi connectivity index (χ3n) is 4.52. The molecule has 0 amide bonds. The van der Waals surface area contributed by atoms with Crippen LogP contribution in [0.3, 0.4) is 0 Å². The van der Waals surface area contributed by atoms with Crippen LogP contribution in [0.5, 0.6) is 5.75 Å². The van der Waals surface area contributed by atoms with Gasteiger partial charge in [0.1, 0.15) is 5.75 Å². The summed E-state index contributed by atoms with van der Waals surface area (Å²) in [6.07, 6.45) is 5.34. The Labute approximate surface area is 117 Å². The third-order valence-corrected chi connectivity index (χ3v) is 4.85. The number of halogens is 1. The number of benzene rings is 1. The quantitative estimate of drug-likeness (QED) is 0.911. The summed E-state index contributed by atoms with van der Waals surface area (Å²) in [4.78, 5) is 11.0. The van der Waals surface area contributed by atoms with Crippen LogP contribution in [0.2, 0.25) is 5.02 Å². The zero-order valence-electron chi connectivity index (χ0n) is 10.6. The Kier molecular flexibility index (Phi) is 3.40. The van der Waals surface area contributed by atoms with Crippen LogP contribution in [0.4, 0.5) is 0 Å². The molecule has 0 aliphatic heterocycles. The van der Waals surface area contributed by atoms with Crippen LogP contribution in [0, 0.1) is 17.8 Å². The first kappa shape index (κ1) is 12.8. The predicted molar refractivity (Wildman–Crippen MR) is 72.8 cm³/mol. The van der Waals surface area contributed by atoms with E-state index in [1.165, 1.54) is 31.7 Å². The summed E-state index contributed by atoms with van der Waals surface area (Å²) in [7, 11) is 0. The Balaban J connectivity index is 1.64. The number of carbonyl (C=O) groups is 1. The lowest BCUT2D eigenvalue weighted by atomic mass is 9.89. The average molecular weight is 281 g/mol. The van der Waals surface area contributed by atoms with Crippen molar-refractivity contribution in [1.29, 1.82) is 0 Å². The van der Waals surface area contributed by atoms with Gasteiger partial charge < -0.3 is 9.84 Å². The number of hydrogen-bond acceptors (Lipinski definition) is 2. The molecule has 0 radical (unpaired) electrons. The first-order valence-corrected chi connectivity index (χ1v) is 7.17. The van der Waals surface area contributed by atoms with Gasteiger partial charge in [-0.15, -0.1) is 0 Å². The van der Waals surface area contributed by atoms with Gasteiger partial charge in [0.2, 0.25) is 0 Å². The van der Waals surface area contributed by atoms with Crippen LogP contribution in [0.25, 0.3) is 0 Å². The molecular formula is C15H17ClO3. The highest BCUT2D eigenvalue weighted by Gasteiger charge is 2.39. The van der Waals surface area contributed by atoms with Gasteiger partial charge >= 0.3 is 5.97 Å². The third kappa shape index (κ3) is 2.57. The lowest BCUT2D eigenvalue weighted by Gasteiger charge is -2.21. The van der Waals surface area contributed by atoms with Gasteiger partial charge in [0, 0.05) is 0 Å². The van der Waals surface area contributed by atoms with Crippen molar-refractivity contribution in [3.8, 4) is 5.75 Å². The Bertz CT molecular complexity index is 500. The van der Waals surface area contributed by atoms with Crippen molar-refractivity contribution in [2.45, 2.75) is 25.7 Å². The topological polar surface area (TPSA) is 46.5 Å². The molecule has 3 rings (SSSR count). The summed E-state index contributed by atoms with van der Waals surface area (Å²) in [6.45, 7) is 0.696. The zero-order valence-corrected chi connectivity index (χ0v) is 11.4. The first-order valence-electron chi connectivity index (χ1n) is 6.79. The van der Waals surface area contributed by atoms with E-state index in [0.717, 1.165) is 11.8 Å². The number of aromatic carboxylic acids is 1. The van der Waals surface area contributed by atoms with E-state index in [9.17, 15) is 4.79 Å². The number of carboxylic acids is 1. The van der Waals surface area contributed by atoms with Gasteiger partial charge in [-0.25, -0.2) is 4.79 Å². The average Bonchev–Trinajstić information content (AvgIpc) is 2.99. The fourth-order valence-corrected chi connectivity index (χ4v) is 3.74. The highest BCUT2D eigenvalue weighted by molar-refractivity contribution is 6.33. The van der Waals surface area contributed by atoms with Crippen LogP contribution in [0.1, 0.15) is 36.0 Å². The molecule has 0 spiro atoms. The van der Waals surface area contributed by atoms with Gasteiger partial charge in [-0.05, 0) is 55.2 Å². The van der Waals surface area contributed by atoms with Gasteiger partial charge in [0.05, 0.1) is 17.2 Å². The molecule has 2 aliphatic carbocycles.